The second-order valence-corrected chi connectivity index (χ2v) is 9.26. The van der Waals surface area contributed by atoms with Crippen LogP contribution in [0.25, 0.3) is 0 Å². The third-order valence-corrected chi connectivity index (χ3v) is 6.57. The fourth-order valence-corrected chi connectivity index (χ4v) is 4.28. The van der Waals surface area contributed by atoms with E-state index in [0.29, 0.717) is 42.6 Å². The number of methoxy groups -OCH3 is 1. The maximum absolute atomic E-state index is 12.6. The van der Waals surface area contributed by atoms with Gasteiger partial charge in [0.05, 0.1) is 25.4 Å². The Morgan fingerprint density at radius 3 is 2.22 bits per heavy atom. The SMILES string of the molecule is COC(=O)c1ccc(COC(CN2CCN(C(=O)COc3ccccc3)CC2)c2ccc(Cl)cc2)cc1. The Labute approximate surface area is 222 Å². The van der Waals surface area contributed by atoms with Gasteiger partial charge < -0.3 is 19.1 Å². The zero-order valence-electron chi connectivity index (χ0n) is 20.8. The van der Waals surface area contributed by atoms with E-state index in [1.165, 1.54) is 7.11 Å². The monoisotopic (exact) mass is 522 g/mol. The maximum atomic E-state index is 12.6. The van der Waals surface area contributed by atoms with Gasteiger partial charge >= 0.3 is 5.97 Å². The number of benzene rings is 3. The van der Waals surface area contributed by atoms with Gasteiger partial charge in [-0.1, -0.05) is 54.1 Å². The Bertz CT molecular complexity index is 1150. The molecule has 0 aromatic heterocycles. The third kappa shape index (κ3) is 7.79. The largest absolute Gasteiger partial charge is 0.484 e. The van der Waals surface area contributed by atoms with Gasteiger partial charge in [-0.3, -0.25) is 9.69 Å². The van der Waals surface area contributed by atoms with E-state index in [4.69, 9.17) is 25.8 Å². The lowest BCUT2D eigenvalue weighted by Crippen LogP contribution is -2.50. The molecule has 1 heterocycles. The molecule has 0 spiro atoms. The molecule has 4 rings (SSSR count). The molecule has 0 saturated carbocycles. The van der Waals surface area contributed by atoms with E-state index in [-0.39, 0.29) is 24.6 Å². The summed E-state index contributed by atoms with van der Waals surface area (Å²) in [7, 11) is 1.37. The molecule has 0 bridgehead atoms. The Kier molecular flexibility index (Phi) is 9.54. The van der Waals surface area contributed by atoms with Crippen LogP contribution in [0.4, 0.5) is 0 Å². The van der Waals surface area contributed by atoms with E-state index in [9.17, 15) is 9.59 Å². The number of nitrogens with zero attached hydrogens (tertiary/aromatic N) is 2. The molecule has 0 aliphatic carbocycles. The Hall–Kier alpha value is -3.39. The average Bonchev–Trinajstić information content (AvgIpc) is 2.95. The molecule has 37 heavy (non-hydrogen) atoms. The lowest BCUT2D eigenvalue weighted by molar-refractivity contribution is -0.135. The lowest BCUT2D eigenvalue weighted by Gasteiger charge is -2.36. The number of carbonyl (C=O) groups is 2. The fourth-order valence-electron chi connectivity index (χ4n) is 4.15. The summed E-state index contributed by atoms with van der Waals surface area (Å²) >= 11 is 6.11. The Morgan fingerprint density at radius 1 is 0.892 bits per heavy atom. The van der Waals surface area contributed by atoms with E-state index in [1.807, 2.05) is 71.6 Å². The van der Waals surface area contributed by atoms with Crippen molar-refractivity contribution in [2.24, 2.45) is 0 Å². The van der Waals surface area contributed by atoms with Crippen molar-refractivity contribution in [2.75, 3.05) is 46.4 Å². The normalized spacial score (nSPS) is 14.7. The van der Waals surface area contributed by atoms with Gasteiger partial charge in [-0.25, -0.2) is 4.79 Å². The average molecular weight is 523 g/mol. The highest BCUT2D eigenvalue weighted by Gasteiger charge is 2.24. The van der Waals surface area contributed by atoms with Crippen LogP contribution >= 0.6 is 11.6 Å². The van der Waals surface area contributed by atoms with E-state index < -0.39 is 0 Å². The smallest absolute Gasteiger partial charge is 0.337 e. The standard InChI is InChI=1S/C29H31ClN2O5/c1-35-29(34)24-9-7-22(8-10-24)20-37-27(23-11-13-25(30)14-12-23)19-31-15-17-32(18-16-31)28(33)21-36-26-5-3-2-4-6-26/h2-14,27H,15-21H2,1H3. The van der Waals surface area contributed by atoms with Crippen molar-refractivity contribution in [2.45, 2.75) is 12.7 Å². The van der Waals surface area contributed by atoms with Crippen LogP contribution in [0.1, 0.15) is 27.6 Å². The topological polar surface area (TPSA) is 68.3 Å². The number of piperazine rings is 1. The third-order valence-electron chi connectivity index (χ3n) is 6.32. The molecule has 1 aliphatic heterocycles. The van der Waals surface area contributed by atoms with Crippen molar-refractivity contribution in [3.63, 3.8) is 0 Å². The number of hydrogen-bond acceptors (Lipinski definition) is 6. The van der Waals surface area contributed by atoms with Gasteiger partial charge in [-0.2, -0.15) is 0 Å². The van der Waals surface area contributed by atoms with Crippen molar-refractivity contribution in [1.82, 2.24) is 9.80 Å². The molecule has 1 saturated heterocycles. The summed E-state index contributed by atoms with van der Waals surface area (Å²) in [4.78, 5) is 28.5. The minimum Gasteiger partial charge on any atom is -0.484 e. The second-order valence-electron chi connectivity index (χ2n) is 8.82. The van der Waals surface area contributed by atoms with Gasteiger partial charge in [0.1, 0.15) is 5.75 Å². The van der Waals surface area contributed by atoms with Crippen LogP contribution in [0.5, 0.6) is 5.75 Å². The van der Waals surface area contributed by atoms with Crippen LogP contribution in [-0.4, -0.2) is 68.1 Å². The highest BCUT2D eigenvalue weighted by atomic mass is 35.5. The predicted molar refractivity (Wildman–Crippen MR) is 142 cm³/mol. The number of para-hydroxylation sites is 1. The van der Waals surface area contributed by atoms with Gasteiger partial charge in [0.15, 0.2) is 6.61 Å². The van der Waals surface area contributed by atoms with Crippen molar-refractivity contribution in [3.05, 3.63) is 101 Å². The van der Waals surface area contributed by atoms with Crippen molar-refractivity contribution in [3.8, 4) is 5.75 Å². The number of rotatable bonds is 10. The van der Waals surface area contributed by atoms with E-state index in [2.05, 4.69) is 4.90 Å². The number of halogens is 1. The molecule has 1 atom stereocenters. The summed E-state index contributed by atoms with van der Waals surface area (Å²) in [6.45, 7) is 3.89. The maximum Gasteiger partial charge on any atom is 0.337 e. The minimum absolute atomic E-state index is 0.00981. The second kappa shape index (κ2) is 13.2. The van der Waals surface area contributed by atoms with Gasteiger partial charge in [-0.05, 0) is 47.5 Å². The van der Waals surface area contributed by atoms with Crippen LogP contribution in [0.2, 0.25) is 5.02 Å². The lowest BCUT2D eigenvalue weighted by atomic mass is 10.1. The first-order valence-corrected chi connectivity index (χ1v) is 12.6. The number of hydrogen-bond donors (Lipinski definition) is 0. The van der Waals surface area contributed by atoms with Gasteiger partial charge in [0, 0.05) is 37.7 Å². The van der Waals surface area contributed by atoms with Gasteiger partial charge in [-0.15, -0.1) is 0 Å². The number of esters is 1. The predicted octanol–water partition coefficient (Wildman–Crippen LogP) is 4.61. The quantitative estimate of drug-likeness (QED) is 0.362. The van der Waals surface area contributed by atoms with E-state index in [0.717, 1.165) is 24.2 Å². The Morgan fingerprint density at radius 2 is 1.57 bits per heavy atom. The molecule has 1 aliphatic rings. The minimum atomic E-state index is -0.365. The highest BCUT2D eigenvalue weighted by Crippen LogP contribution is 2.23. The fraction of sp³-hybridized carbons (Fsp3) is 0.310. The van der Waals surface area contributed by atoms with Crippen LogP contribution in [0.15, 0.2) is 78.9 Å². The molecule has 1 fully saturated rings. The molecule has 1 amide bonds. The van der Waals surface area contributed by atoms with E-state index in [1.54, 1.807) is 12.1 Å². The number of amides is 1. The first-order valence-electron chi connectivity index (χ1n) is 12.2. The molecule has 7 nitrogen and oxygen atoms in total. The summed E-state index contributed by atoms with van der Waals surface area (Å²) in [5.74, 6) is 0.317. The number of carbonyl (C=O) groups excluding carboxylic acids is 2. The summed E-state index contributed by atoms with van der Waals surface area (Å²) in [5.41, 5.74) is 2.49. The summed E-state index contributed by atoms with van der Waals surface area (Å²) in [6.07, 6.45) is -0.179. The highest BCUT2D eigenvalue weighted by molar-refractivity contribution is 6.30. The Balaban J connectivity index is 1.32. The van der Waals surface area contributed by atoms with Crippen LogP contribution in [0, 0.1) is 0 Å². The molecular weight excluding hydrogens is 492 g/mol. The zero-order chi connectivity index (χ0) is 26.0. The molecule has 194 valence electrons. The van der Waals surface area contributed by atoms with Crippen LogP contribution in [0.3, 0.4) is 0 Å². The molecule has 3 aromatic carbocycles. The van der Waals surface area contributed by atoms with Gasteiger partial charge in [0.2, 0.25) is 0 Å². The summed E-state index contributed by atoms with van der Waals surface area (Å²) in [6, 6.07) is 24.3. The molecule has 1 unspecified atom stereocenters. The zero-order valence-corrected chi connectivity index (χ0v) is 21.6. The van der Waals surface area contributed by atoms with Crippen LogP contribution in [-0.2, 0) is 20.9 Å². The summed E-state index contributed by atoms with van der Waals surface area (Å²) < 4.78 is 16.7. The first kappa shape index (κ1) is 26.7. The number of ether oxygens (including phenoxy) is 3. The first-order chi connectivity index (χ1) is 18.0. The molecule has 0 radical (unpaired) electrons. The van der Waals surface area contributed by atoms with E-state index >= 15 is 0 Å². The molecule has 0 N–H and O–H groups in total. The van der Waals surface area contributed by atoms with Crippen molar-refractivity contribution >= 4 is 23.5 Å². The summed E-state index contributed by atoms with van der Waals surface area (Å²) in [5, 5.41) is 0.672. The molecule has 3 aromatic rings. The van der Waals surface area contributed by atoms with Crippen molar-refractivity contribution < 1.29 is 23.8 Å². The molecule has 8 heteroatoms. The van der Waals surface area contributed by atoms with Crippen LogP contribution < -0.4 is 4.74 Å². The van der Waals surface area contributed by atoms with Gasteiger partial charge in [0.25, 0.3) is 5.91 Å². The van der Waals surface area contributed by atoms with Crippen molar-refractivity contribution in [1.29, 1.82) is 0 Å². The molecular formula is C29H31ClN2O5.